The van der Waals surface area contributed by atoms with Crippen LogP contribution in [0.4, 0.5) is 0 Å². The lowest BCUT2D eigenvalue weighted by Gasteiger charge is -2.52. The summed E-state index contributed by atoms with van der Waals surface area (Å²) in [5, 5.41) is 13.0. The molecule has 35 heavy (non-hydrogen) atoms. The summed E-state index contributed by atoms with van der Waals surface area (Å²) in [4.78, 5) is 33.2. The smallest absolute Gasteiger partial charge is 0.261 e. The predicted octanol–water partition coefficient (Wildman–Crippen LogP) is 5.18. The van der Waals surface area contributed by atoms with E-state index >= 15 is 0 Å². The van der Waals surface area contributed by atoms with E-state index in [-0.39, 0.29) is 29.3 Å². The molecule has 2 saturated carbocycles. The van der Waals surface area contributed by atoms with Crippen molar-refractivity contribution in [3.05, 3.63) is 39.9 Å². The van der Waals surface area contributed by atoms with Crippen molar-refractivity contribution in [1.29, 1.82) is 0 Å². The van der Waals surface area contributed by atoms with E-state index < -0.39 is 5.60 Å². The van der Waals surface area contributed by atoms with Gasteiger partial charge in [0.2, 0.25) is 5.91 Å². The zero-order valence-corrected chi connectivity index (χ0v) is 21.6. The Kier molecular flexibility index (Phi) is 6.97. The van der Waals surface area contributed by atoms with Crippen molar-refractivity contribution in [3.8, 4) is 0 Å². The molecule has 0 radical (unpaired) electrons. The van der Waals surface area contributed by atoms with Crippen molar-refractivity contribution in [2.45, 2.75) is 89.7 Å². The van der Waals surface area contributed by atoms with E-state index in [9.17, 15) is 14.7 Å². The minimum Gasteiger partial charge on any atom is -0.387 e. The second kappa shape index (κ2) is 9.85. The highest BCUT2D eigenvalue weighted by Crippen LogP contribution is 2.51. The highest BCUT2D eigenvalue weighted by molar-refractivity contribution is 6.31. The van der Waals surface area contributed by atoms with Crippen LogP contribution in [-0.4, -0.2) is 44.2 Å². The number of aliphatic hydroxyl groups is 1. The number of fused-ring (bicyclic) bond motifs is 1. The van der Waals surface area contributed by atoms with Gasteiger partial charge in [-0.2, -0.15) is 0 Å². The molecule has 7 heteroatoms. The van der Waals surface area contributed by atoms with Gasteiger partial charge in [-0.15, -0.1) is 0 Å². The summed E-state index contributed by atoms with van der Waals surface area (Å²) in [5.41, 5.74) is -1.01. The number of likely N-dealkylation sites (tertiary alicyclic amines) is 1. The van der Waals surface area contributed by atoms with Crippen molar-refractivity contribution >= 4 is 28.4 Å². The number of halogens is 1. The summed E-state index contributed by atoms with van der Waals surface area (Å²) >= 11 is 6.13. The molecule has 1 aromatic heterocycles. The molecule has 6 nitrogen and oxygen atoms in total. The molecule has 1 saturated heterocycles. The van der Waals surface area contributed by atoms with Crippen LogP contribution < -0.4 is 5.56 Å². The molecule has 2 heterocycles. The molecule has 190 valence electrons. The summed E-state index contributed by atoms with van der Waals surface area (Å²) in [7, 11) is 0. The molecule has 2 atom stereocenters. The van der Waals surface area contributed by atoms with Crippen LogP contribution in [0.2, 0.25) is 5.02 Å². The van der Waals surface area contributed by atoms with E-state index in [1.807, 2.05) is 4.90 Å². The van der Waals surface area contributed by atoms with E-state index in [1.54, 1.807) is 29.1 Å². The molecule has 5 rings (SSSR count). The van der Waals surface area contributed by atoms with Gasteiger partial charge in [0.25, 0.3) is 5.56 Å². The van der Waals surface area contributed by atoms with Crippen LogP contribution in [0.25, 0.3) is 10.9 Å². The third kappa shape index (κ3) is 4.76. The number of hydrogen-bond donors (Lipinski definition) is 1. The number of carbonyl (C=O) groups excluding carboxylic acids is 1. The fourth-order valence-electron chi connectivity index (χ4n) is 7.15. The minimum atomic E-state index is -1.05. The first-order chi connectivity index (χ1) is 16.8. The lowest BCUT2D eigenvalue weighted by molar-refractivity contribution is -0.163. The molecule has 2 unspecified atom stereocenters. The van der Waals surface area contributed by atoms with Gasteiger partial charge in [-0.1, -0.05) is 63.5 Å². The highest BCUT2D eigenvalue weighted by atomic mass is 35.5. The SMILES string of the molecule is CC(CC1CCCCC1)C(=O)N1CCC(O)(Cn2cnc3ccc(Cl)cc3c2=O)C2(CCCC2)C1. The summed E-state index contributed by atoms with van der Waals surface area (Å²) in [5.74, 6) is 0.938. The quantitative estimate of drug-likeness (QED) is 0.615. The summed E-state index contributed by atoms with van der Waals surface area (Å²) < 4.78 is 1.54. The van der Waals surface area contributed by atoms with Crippen molar-refractivity contribution in [1.82, 2.24) is 14.5 Å². The third-order valence-corrected chi connectivity index (χ3v) is 9.43. The van der Waals surface area contributed by atoms with Gasteiger partial charge in [0.05, 0.1) is 29.4 Å². The lowest BCUT2D eigenvalue weighted by atomic mass is 9.65. The van der Waals surface area contributed by atoms with Crippen LogP contribution in [0.15, 0.2) is 29.3 Å². The number of rotatable bonds is 5. The van der Waals surface area contributed by atoms with Gasteiger partial charge in [0.1, 0.15) is 0 Å². The van der Waals surface area contributed by atoms with Crippen LogP contribution in [-0.2, 0) is 11.3 Å². The number of benzene rings is 1. The zero-order chi connectivity index (χ0) is 24.6. The van der Waals surface area contributed by atoms with Gasteiger partial charge in [-0.3, -0.25) is 14.2 Å². The monoisotopic (exact) mass is 499 g/mol. The average molecular weight is 500 g/mol. The molecule has 1 spiro atoms. The molecule has 1 amide bonds. The van der Waals surface area contributed by atoms with Gasteiger partial charge in [0.15, 0.2) is 0 Å². The minimum absolute atomic E-state index is 0.0276. The maximum absolute atomic E-state index is 13.5. The maximum Gasteiger partial charge on any atom is 0.261 e. The number of aromatic nitrogens is 2. The van der Waals surface area contributed by atoms with E-state index in [1.165, 1.54) is 32.1 Å². The molecule has 1 N–H and O–H groups in total. The van der Waals surface area contributed by atoms with Crippen molar-refractivity contribution in [2.24, 2.45) is 17.3 Å². The second-order valence-electron chi connectivity index (χ2n) is 11.5. The Bertz CT molecular complexity index is 1140. The van der Waals surface area contributed by atoms with Crippen LogP contribution in [0, 0.1) is 17.3 Å². The molecule has 2 aliphatic carbocycles. The van der Waals surface area contributed by atoms with E-state index in [0.717, 1.165) is 32.1 Å². The van der Waals surface area contributed by atoms with Gasteiger partial charge in [0, 0.05) is 29.4 Å². The number of nitrogens with zero attached hydrogens (tertiary/aromatic N) is 3. The fourth-order valence-corrected chi connectivity index (χ4v) is 7.32. The molecule has 1 aliphatic heterocycles. The highest BCUT2D eigenvalue weighted by Gasteiger charge is 2.55. The standard InChI is InChI=1S/C28H38ClN3O3/c1-20(15-21-7-3-2-4-8-21)25(33)31-14-13-28(35,27(17-31)11-5-6-12-27)18-32-19-30-24-10-9-22(29)16-23(24)26(32)34/h9-10,16,19-21,35H,2-8,11-15,17-18H2,1H3. The topological polar surface area (TPSA) is 75.4 Å². The van der Waals surface area contributed by atoms with E-state index in [4.69, 9.17) is 11.6 Å². The summed E-state index contributed by atoms with van der Waals surface area (Å²) in [6, 6.07) is 5.12. The van der Waals surface area contributed by atoms with Crippen molar-refractivity contribution in [3.63, 3.8) is 0 Å². The molecule has 1 aromatic carbocycles. The maximum atomic E-state index is 13.5. The zero-order valence-electron chi connectivity index (χ0n) is 20.8. The van der Waals surface area contributed by atoms with Gasteiger partial charge in [-0.25, -0.2) is 4.98 Å². The molecule has 3 aliphatic rings. The Morgan fingerprint density at radius 2 is 1.91 bits per heavy atom. The van der Waals surface area contributed by atoms with Gasteiger partial charge < -0.3 is 10.0 Å². The summed E-state index contributed by atoms with van der Waals surface area (Å²) in [6.07, 6.45) is 13.3. The van der Waals surface area contributed by atoms with E-state index in [2.05, 4.69) is 11.9 Å². The molecule has 0 bridgehead atoms. The van der Waals surface area contributed by atoms with Crippen molar-refractivity contribution in [2.75, 3.05) is 13.1 Å². The van der Waals surface area contributed by atoms with Crippen molar-refractivity contribution < 1.29 is 9.90 Å². The first-order valence-corrected chi connectivity index (χ1v) is 13.8. The van der Waals surface area contributed by atoms with Gasteiger partial charge in [-0.05, 0) is 49.8 Å². The first kappa shape index (κ1) is 24.8. The largest absolute Gasteiger partial charge is 0.387 e. The lowest BCUT2D eigenvalue weighted by Crippen LogP contribution is -2.62. The van der Waals surface area contributed by atoms with Crippen LogP contribution in [0.3, 0.4) is 0 Å². The predicted molar refractivity (Wildman–Crippen MR) is 138 cm³/mol. The second-order valence-corrected chi connectivity index (χ2v) is 11.9. The molecule has 3 fully saturated rings. The number of carbonyl (C=O) groups is 1. The van der Waals surface area contributed by atoms with Crippen LogP contribution in [0.5, 0.6) is 0 Å². The first-order valence-electron chi connectivity index (χ1n) is 13.5. The Hall–Kier alpha value is -1.92. The molecule has 2 aromatic rings. The summed E-state index contributed by atoms with van der Waals surface area (Å²) in [6.45, 7) is 3.40. The Morgan fingerprint density at radius 3 is 2.66 bits per heavy atom. The van der Waals surface area contributed by atoms with E-state index in [0.29, 0.717) is 41.4 Å². The Balaban J connectivity index is 1.35. The Morgan fingerprint density at radius 1 is 1.17 bits per heavy atom. The third-order valence-electron chi connectivity index (χ3n) is 9.20. The molecular formula is C28H38ClN3O3. The number of amides is 1. The number of hydrogen-bond acceptors (Lipinski definition) is 4. The average Bonchev–Trinajstić information content (AvgIpc) is 3.33. The number of piperidine rings is 1. The Labute approximate surface area is 212 Å². The van der Waals surface area contributed by atoms with Crippen LogP contribution in [0.1, 0.15) is 77.6 Å². The molecular weight excluding hydrogens is 462 g/mol. The van der Waals surface area contributed by atoms with Gasteiger partial charge >= 0.3 is 0 Å². The van der Waals surface area contributed by atoms with Crippen LogP contribution >= 0.6 is 11.6 Å². The fraction of sp³-hybridized carbons (Fsp3) is 0.679. The normalized spacial score (nSPS) is 25.9.